The van der Waals surface area contributed by atoms with E-state index in [-0.39, 0.29) is 5.91 Å². The molecule has 0 heterocycles. The van der Waals surface area contributed by atoms with E-state index in [0.29, 0.717) is 12.1 Å². The third-order valence-electron chi connectivity index (χ3n) is 3.27. The van der Waals surface area contributed by atoms with Crippen LogP contribution in [0, 0.1) is 12.5 Å². The molecule has 0 radical (unpaired) electrons. The SMILES string of the molecule is C#CN(CCCC)C(=O)c1ccccc1.c1cc2cc-2c1. The Hall–Kier alpha value is -2.53. The first-order valence-corrected chi connectivity index (χ1v) is 7.20. The number of carbonyl (C=O) groups excluding carboxylic acids is 1. The molecule has 0 unspecified atom stereocenters. The van der Waals surface area contributed by atoms with Crippen molar-refractivity contribution in [3.8, 4) is 23.6 Å². The molecule has 0 N–H and O–H groups in total. The zero-order valence-electron chi connectivity index (χ0n) is 12.3. The molecule has 0 saturated heterocycles. The number of benzene rings is 2. The minimum atomic E-state index is -0.0912. The Balaban J connectivity index is 0.000000218. The fraction of sp³-hybridized carbons (Fsp3) is 0.211. The lowest BCUT2D eigenvalue weighted by molar-refractivity contribution is 0.0833. The molecule has 3 rings (SSSR count). The van der Waals surface area contributed by atoms with Gasteiger partial charge in [-0.3, -0.25) is 9.69 Å². The van der Waals surface area contributed by atoms with Gasteiger partial charge < -0.3 is 0 Å². The Morgan fingerprint density at radius 3 is 2.19 bits per heavy atom. The molecular formula is C19H19NO. The summed E-state index contributed by atoms with van der Waals surface area (Å²) in [6, 6.07) is 20.0. The smallest absolute Gasteiger partial charge is 0.265 e. The van der Waals surface area contributed by atoms with Gasteiger partial charge in [0.15, 0.2) is 0 Å². The Morgan fingerprint density at radius 2 is 1.76 bits per heavy atom. The maximum absolute atomic E-state index is 11.9. The van der Waals surface area contributed by atoms with Crippen molar-refractivity contribution in [2.45, 2.75) is 19.8 Å². The average molecular weight is 277 g/mol. The molecule has 2 nitrogen and oxygen atoms in total. The number of rotatable bonds is 4. The van der Waals surface area contributed by atoms with Crippen molar-refractivity contribution in [3.05, 3.63) is 60.2 Å². The molecule has 1 amide bonds. The molecule has 2 heteroatoms. The van der Waals surface area contributed by atoms with Gasteiger partial charge in [-0.15, -0.1) is 0 Å². The van der Waals surface area contributed by atoms with E-state index in [1.165, 1.54) is 16.0 Å². The van der Waals surface area contributed by atoms with E-state index in [9.17, 15) is 4.79 Å². The molecule has 106 valence electrons. The molecule has 0 aromatic heterocycles. The number of hydrogen-bond acceptors (Lipinski definition) is 1. The lowest BCUT2D eigenvalue weighted by atomic mass is 10.2. The Bertz CT molecular complexity index is 623. The largest absolute Gasteiger partial charge is 0.268 e. The molecule has 1 aromatic carbocycles. The van der Waals surface area contributed by atoms with Crippen molar-refractivity contribution in [2.75, 3.05) is 6.54 Å². The van der Waals surface area contributed by atoms with Gasteiger partial charge in [-0.1, -0.05) is 56.2 Å². The highest BCUT2D eigenvalue weighted by molar-refractivity contribution is 5.95. The van der Waals surface area contributed by atoms with Crippen molar-refractivity contribution in [1.82, 2.24) is 4.90 Å². The van der Waals surface area contributed by atoms with E-state index in [1.807, 2.05) is 18.2 Å². The first-order valence-electron chi connectivity index (χ1n) is 7.20. The molecule has 0 aliphatic heterocycles. The average Bonchev–Trinajstić information content (AvgIpc) is 3.15. The van der Waals surface area contributed by atoms with Crippen LogP contribution in [0.25, 0.3) is 11.1 Å². The first-order chi connectivity index (χ1) is 10.3. The van der Waals surface area contributed by atoms with Gasteiger partial charge in [0.05, 0.1) is 0 Å². The molecule has 0 fully saturated rings. The highest BCUT2D eigenvalue weighted by Gasteiger charge is 2.12. The number of carbonyl (C=O) groups is 1. The van der Waals surface area contributed by atoms with E-state index < -0.39 is 0 Å². The number of hydrogen-bond donors (Lipinski definition) is 0. The monoisotopic (exact) mass is 277 g/mol. The quantitative estimate of drug-likeness (QED) is 0.517. The van der Waals surface area contributed by atoms with Gasteiger partial charge >= 0.3 is 0 Å². The molecular weight excluding hydrogens is 258 g/mol. The van der Waals surface area contributed by atoms with Crippen molar-refractivity contribution < 1.29 is 4.79 Å². The predicted octanol–water partition coefficient (Wildman–Crippen LogP) is 4.19. The summed E-state index contributed by atoms with van der Waals surface area (Å²) in [5, 5.41) is 0. The number of fused-ring (bicyclic) bond motifs is 1. The van der Waals surface area contributed by atoms with Gasteiger partial charge in [-0.05, 0) is 35.7 Å². The van der Waals surface area contributed by atoms with Crippen molar-refractivity contribution in [3.63, 3.8) is 0 Å². The minimum absolute atomic E-state index is 0.0912. The van der Waals surface area contributed by atoms with Crippen LogP contribution in [0.5, 0.6) is 0 Å². The second-order valence-corrected chi connectivity index (χ2v) is 4.89. The standard InChI is InChI=1S/C13H15NO.C6H4/c1-3-5-11-14(4-2)13(15)12-9-7-6-8-10-12;1-2-5-4-6(5)3-1/h2,6-10H,3,5,11H2,1H3;1-4H. The Kier molecular flexibility index (Phi) is 5.17. The molecule has 2 aliphatic carbocycles. The Labute approximate surface area is 126 Å². The van der Waals surface area contributed by atoms with Gasteiger partial charge in [-0.25, -0.2) is 0 Å². The van der Waals surface area contributed by atoms with E-state index in [2.05, 4.69) is 37.2 Å². The van der Waals surface area contributed by atoms with Crippen LogP contribution in [0.4, 0.5) is 0 Å². The topological polar surface area (TPSA) is 20.3 Å². The number of terminal acetylenes is 1. The number of amides is 1. The lowest BCUT2D eigenvalue weighted by Gasteiger charge is -2.14. The highest BCUT2D eigenvalue weighted by Crippen LogP contribution is 2.32. The van der Waals surface area contributed by atoms with Crippen LogP contribution in [0.1, 0.15) is 30.1 Å². The number of unbranched alkanes of at least 4 members (excludes halogenated alkanes) is 1. The van der Waals surface area contributed by atoms with E-state index in [0.717, 1.165) is 12.8 Å². The summed E-state index contributed by atoms with van der Waals surface area (Å²) in [5.74, 6) is -0.0912. The van der Waals surface area contributed by atoms with Crippen LogP contribution in [0.15, 0.2) is 54.6 Å². The first kappa shape index (κ1) is 14.9. The molecule has 2 aliphatic rings. The fourth-order valence-corrected chi connectivity index (χ4v) is 1.95. The maximum atomic E-state index is 11.9. The summed E-state index contributed by atoms with van der Waals surface area (Å²) in [5.41, 5.74) is 3.50. The molecule has 21 heavy (non-hydrogen) atoms. The van der Waals surface area contributed by atoms with E-state index >= 15 is 0 Å². The van der Waals surface area contributed by atoms with Gasteiger partial charge in [0.1, 0.15) is 0 Å². The summed E-state index contributed by atoms with van der Waals surface area (Å²) in [6.07, 6.45) is 7.27. The minimum Gasteiger partial charge on any atom is -0.268 e. The molecule has 0 spiro atoms. The highest BCUT2D eigenvalue weighted by atomic mass is 16.2. The van der Waals surface area contributed by atoms with E-state index in [4.69, 9.17) is 6.42 Å². The van der Waals surface area contributed by atoms with Crippen molar-refractivity contribution in [2.24, 2.45) is 0 Å². The van der Waals surface area contributed by atoms with Crippen molar-refractivity contribution in [1.29, 1.82) is 0 Å². The summed E-state index contributed by atoms with van der Waals surface area (Å²) in [4.78, 5) is 13.3. The van der Waals surface area contributed by atoms with Crippen LogP contribution in [0.2, 0.25) is 0 Å². The Morgan fingerprint density at radius 1 is 1.10 bits per heavy atom. The summed E-state index contributed by atoms with van der Waals surface area (Å²) in [6.45, 7) is 2.70. The second kappa shape index (κ2) is 7.31. The van der Waals surface area contributed by atoms with Crippen LogP contribution in [0.3, 0.4) is 0 Å². The van der Waals surface area contributed by atoms with Gasteiger partial charge in [-0.2, -0.15) is 0 Å². The van der Waals surface area contributed by atoms with Gasteiger partial charge in [0.25, 0.3) is 5.91 Å². The maximum Gasteiger partial charge on any atom is 0.265 e. The van der Waals surface area contributed by atoms with Crippen molar-refractivity contribution >= 4 is 5.91 Å². The van der Waals surface area contributed by atoms with Crippen LogP contribution >= 0.6 is 0 Å². The summed E-state index contributed by atoms with van der Waals surface area (Å²) < 4.78 is 0. The van der Waals surface area contributed by atoms with Gasteiger partial charge in [0, 0.05) is 18.2 Å². The van der Waals surface area contributed by atoms with Gasteiger partial charge in [0.2, 0.25) is 0 Å². The molecule has 1 aromatic rings. The molecule has 0 bridgehead atoms. The summed E-state index contributed by atoms with van der Waals surface area (Å²) in [7, 11) is 0. The normalized spacial score (nSPS) is 9.90. The summed E-state index contributed by atoms with van der Waals surface area (Å²) >= 11 is 0. The van der Waals surface area contributed by atoms with Crippen LogP contribution in [-0.4, -0.2) is 17.4 Å². The van der Waals surface area contributed by atoms with Crippen LogP contribution in [-0.2, 0) is 0 Å². The zero-order chi connectivity index (χ0) is 15.1. The predicted molar refractivity (Wildman–Crippen MR) is 86.7 cm³/mol. The second-order valence-electron chi connectivity index (χ2n) is 4.89. The fourth-order valence-electron chi connectivity index (χ4n) is 1.95. The zero-order valence-corrected chi connectivity index (χ0v) is 12.3. The van der Waals surface area contributed by atoms with Crippen LogP contribution < -0.4 is 0 Å². The molecule has 0 atom stereocenters. The van der Waals surface area contributed by atoms with E-state index in [1.54, 1.807) is 12.1 Å². The third kappa shape index (κ3) is 4.22. The number of nitrogens with zero attached hydrogens (tertiary/aromatic N) is 1. The lowest BCUT2D eigenvalue weighted by Crippen LogP contribution is -2.27. The third-order valence-corrected chi connectivity index (χ3v) is 3.27. The molecule has 0 saturated carbocycles.